The first-order chi connectivity index (χ1) is 9.33. The van der Waals surface area contributed by atoms with Crippen LogP contribution in [0.15, 0.2) is 28.8 Å². The Labute approximate surface area is 112 Å². The number of methoxy groups -OCH3 is 1. The van der Waals surface area contributed by atoms with Crippen molar-refractivity contribution in [2.75, 3.05) is 13.7 Å². The molecule has 0 aliphatic heterocycles. The molecule has 98 valence electrons. The predicted octanol–water partition coefficient (Wildman–Crippen LogP) is 1.39. The Morgan fingerprint density at radius 1 is 1.42 bits per heavy atom. The molecule has 1 N–H and O–H groups in total. The van der Waals surface area contributed by atoms with Crippen molar-refractivity contribution in [3.8, 4) is 18.1 Å². The highest BCUT2D eigenvalue weighted by Gasteiger charge is 2.09. The van der Waals surface area contributed by atoms with Crippen molar-refractivity contribution in [1.82, 2.24) is 15.5 Å². The predicted molar refractivity (Wildman–Crippen MR) is 70.6 cm³/mol. The van der Waals surface area contributed by atoms with E-state index in [1.807, 2.05) is 24.3 Å². The maximum absolute atomic E-state index is 5.28. The van der Waals surface area contributed by atoms with E-state index >= 15 is 0 Å². The second kappa shape index (κ2) is 6.57. The average molecular weight is 257 g/mol. The summed E-state index contributed by atoms with van der Waals surface area (Å²) in [4.78, 5) is 4.29. The fraction of sp³-hybridized carbons (Fsp3) is 0.286. The molecule has 1 aromatic heterocycles. The van der Waals surface area contributed by atoms with E-state index in [9.17, 15) is 0 Å². The number of aromatic nitrogens is 2. The molecule has 0 saturated heterocycles. The van der Waals surface area contributed by atoms with Gasteiger partial charge in [0.1, 0.15) is 5.75 Å². The standard InChI is InChI=1S/C14H15N3O2/c1-3-8-15-10-14-16-13(17-19-14)9-11-6-4-5-7-12(11)18-2/h1,4-7,15H,8-10H2,2H3. The van der Waals surface area contributed by atoms with Gasteiger partial charge in [0.15, 0.2) is 5.82 Å². The molecule has 0 aliphatic carbocycles. The van der Waals surface area contributed by atoms with Crippen LogP contribution in [-0.4, -0.2) is 23.8 Å². The molecule has 0 saturated carbocycles. The lowest BCUT2D eigenvalue weighted by atomic mass is 10.1. The molecule has 0 spiro atoms. The maximum Gasteiger partial charge on any atom is 0.240 e. The minimum atomic E-state index is 0.475. The van der Waals surface area contributed by atoms with Crippen molar-refractivity contribution in [3.63, 3.8) is 0 Å². The summed E-state index contributed by atoms with van der Waals surface area (Å²) < 4.78 is 10.4. The van der Waals surface area contributed by atoms with Gasteiger partial charge in [-0.05, 0) is 6.07 Å². The summed E-state index contributed by atoms with van der Waals surface area (Å²) in [7, 11) is 1.64. The quantitative estimate of drug-likeness (QED) is 0.626. The molecule has 0 bridgehead atoms. The molecule has 1 aromatic carbocycles. The van der Waals surface area contributed by atoms with Crippen molar-refractivity contribution >= 4 is 0 Å². The summed E-state index contributed by atoms with van der Waals surface area (Å²) in [5, 5.41) is 6.93. The van der Waals surface area contributed by atoms with Crippen LogP contribution in [0.4, 0.5) is 0 Å². The van der Waals surface area contributed by atoms with Crippen LogP contribution in [0.2, 0.25) is 0 Å². The van der Waals surface area contributed by atoms with Gasteiger partial charge in [0.25, 0.3) is 0 Å². The largest absolute Gasteiger partial charge is 0.496 e. The lowest BCUT2D eigenvalue weighted by Crippen LogP contribution is -2.13. The van der Waals surface area contributed by atoms with E-state index in [4.69, 9.17) is 15.7 Å². The monoisotopic (exact) mass is 257 g/mol. The zero-order valence-corrected chi connectivity index (χ0v) is 10.7. The van der Waals surface area contributed by atoms with Crippen LogP contribution in [0.3, 0.4) is 0 Å². The summed E-state index contributed by atoms with van der Waals surface area (Å²) in [6.07, 6.45) is 5.71. The van der Waals surface area contributed by atoms with E-state index in [-0.39, 0.29) is 0 Å². The first-order valence-electron chi connectivity index (χ1n) is 5.91. The molecule has 0 aliphatic rings. The van der Waals surface area contributed by atoms with Crippen molar-refractivity contribution in [2.45, 2.75) is 13.0 Å². The number of para-hydroxylation sites is 1. The van der Waals surface area contributed by atoms with E-state index in [0.29, 0.717) is 31.2 Å². The van der Waals surface area contributed by atoms with Gasteiger partial charge < -0.3 is 9.26 Å². The van der Waals surface area contributed by atoms with E-state index in [1.54, 1.807) is 7.11 Å². The normalized spacial score (nSPS) is 10.1. The fourth-order valence-electron chi connectivity index (χ4n) is 1.69. The molecule has 0 fully saturated rings. The Balaban J connectivity index is 2.01. The van der Waals surface area contributed by atoms with Gasteiger partial charge in [0.2, 0.25) is 5.89 Å². The molecule has 5 nitrogen and oxygen atoms in total. The number of benzene rings is 1. The number of rotatable bonds is 6. The van der Waals surface area contributed by atoms with Gasteiger partial charge in [0, 0.05) is 12.0 Å². The topological polar surface area (TPSA) is 60.2 Å². The van der Waals surface area contributed by atoms with Crippen molar-refractivity contribution < 1.29 is 9.26 Å². The average Bonchev–Trinajstić information content (AvgIpc) is 2.87. The molecule has 0 unspecified atom stereocenters. The number of terminal acetylenes is 1. The lowest BCUT2D eigenvalue weighted by Gasteiger charge is -2.05. The van der Waals surface area contributed by atoms with Crippen LogP contribution >= 0.6 is 0 Å². The van der Waals surface area contributed by atoms with Crippen molar-refractivity contribution in [1.29, 1.82) is 0 Å². The highest BCUT2D eigenvalue weighted by atomic mass is 16.5. The number of hydrogen-bond acceptors (Lipinski definition) is 5. The highest BCUT2D eigenvalue weighted by molar-refractivity contribution is 5.35. The number of nitrogens with one attached hydrogen (secondary N) is 1. The third-order valence-corrected chi connectivity index (χ3v) is 2.55. The molecule has 0 amide bonds. The fourth-order valence-corrected chi connectivity index (χ4v) is 1.69. The smallest absolute Gasteiger partial charge is 0.240 e. The second-order valence-corrected chi connectivity index (χ2v) is 3.90. The van der Waals surface area contributed by atoms with Crippen LogP contribution in [0.25, 0.3) is 0 Å². The summed E-state index contributed by atoms with van der Waals surface area (Å²) in [5.74, 6) is 4.46. The Morgan fingerprint density at radius 3 is 3.05 bits per heavy atom. The van der Waals surface area contributed by atoms with Crippen LogP contribution in [0, 0.1) is 12.3 Å². The van der Waals surface area contributed by atoms with Gasteiger partial charge in [0.05, 0.1) is 20.2 Å². The van der Waals surface area contributed by atoms with Crippen molar-refractivity contribution in [3.05, 3.63) is 41.5 Å². The molecule has 0 atom stereocenters. The van der Waals surface area contributed by atoms with E-state index in [0.717, 1.165) is 11.3 Å². The number of ether oxygens (including phenoxy) is 1. The summed E-state index contributed by atoms with van der Waals surface area (Å²) in [6.45, 7) is 0.952. The summed E-state index contributed by atoms with van der Waals surface area (Å²) >= 11 is 0. The van der Waals surface area contributed by atoms with Gasteiger partial charge in [-0.3, -0.25) is 5.32 Å². The van der Waals surface area contributed by atoms with Crippen LogP contribution in [-0.2, 0) is 13.0 Å². The number of nitrogens with zero attached hydrogens (tertiary/aromatic N) is 2. The molecule has 1 heterocycles. The van der Waals surface area contributed by atoms with Gasteiger partial charge >= 0.3 is 0 Å². The Morgan fingerprint density at radius 2 is 2.26 bits per heavy atom. The third-order valence-electron chi connectivity index (χ3n) is 2.55. The highest BCUT2D eigenvalue weighted by Crippen LogP contribution is 2.19. The maximum atomic E-state index is 5.28. The molecular weight excluding hydrogens is 242 g/mol. The van der Waals surface area contributed by atoms with E-state index in [1.165, 1.54) is 0 Å². The second-order valence-electron chi connectivity index (χ2n) is 3.90. The molecule has 5 heteroatoms. The molecule has 0 radical (unpaired) electrons. The van der Waals surface area contributed by atoms with E-state index < -0.39 is 0 Å². The SMILES string of the molecule is C#CCNCc1nc(Cc2ccccc2OC)no1. The summed E-state index contributed by atoms with van der Waals surface area (Å²) in [5.41, 5.74) is 1.02. The first kappa shape index (κ1) is 13.1. The van der Waals surface area contributed by atoms with Gasteiger partial charge in [-0.1, -0.05) is 29.3 Å². The van der Waals surface area contributed by atoms with Gasteiger partial charge in [-0.15, -0.1) is 6.42 Å². The Hall–Kier alpha value is -2.32. The zero-order valence-electron chi connectivity index (χ0n) is 10.7. The van der Waals surface area contributed by atoms with Crippen LogP contribution in [0.1, 0.15) is 17.3 Å². The summed E-state index contributed by atoms with van der Waals surface area (Å²) in [6, 6.07) is 7.76. The molecular formula is C14H15N3O2. The minimum Gasteiger partial charge on any atom is -0.496 e. The Bertz CT molecular complexity index is 572. The molecule has 19 heavy (non-hydrogen) atoms. The van der Waals surface area contributed by atoms with Gasteiger partial charge in [-0.25, -0.2) is 0 Å². The first-order valence-corrected chi connectivity index (χ1v) is 5.91. The van der Waals surface area contributed by atoms with Crippen molar-refractivity contribution in [2.24, 2.45) is 0 Å². The van der Waals surface area contributed by atoms with E-state index in [2.05, 4.69) is 21.4 Å². The minimum absolute atomic E-state index is 0.475. The Kier molecular flexibility index (Phi) is 4.54. The van der Waals surface area contributed by atoms with Crippen LogP contribution < -0.4 is 10.1 Å². The molecule has 2 rings (SSSR count). The van der Waals surface area contributed by atoms with Gasteiger partial charge in [-0.2, -0.15) is 4.98 Å². The molecule has 2 aromatic rings. The number of hydrogen-bond donors (Lipinski definition) is 1. The van der Waals surface area contributed by atoms with Crippen LogP contribution in [0.5, 0.6) is 5.75 Å². The third kappa shape index (κ3) is 3.57. The lowest BCUT2D eigenvalue weighted by molar-refractivity contribution is 0.365. The zero-order chi connectivity index (χ0) is 13.5.